The molecule has 2 nitrogen and oxygen atoms in total. The molecule has 0 amide bonds. The first-order valence-electron chi connectivity index (χ1n) is 6.72. The number of rotatable bonds is 2. The summed E-state index contributed by atoms with van der Waals surface area (Å²) in [4.78, 5) is 0. The highest BCUT2D eigenvalue weighted by molar-refractivity contribution is 5.88. The molecule has 1 aromatic carbocycles. The van der Waals surface area contributed by atoms with Crippen LogP contribution in [0, 0.1) is 17.2 Å². The molecule has 92 valence electrons. The molecular weight excluding hydrogens is 220 g/mol. The van der Waals surface area contributed by atoms with E-state index in [-0.39, 0.29) is 5.92 Å². The van der Waals surface area contributed by atoms with Gasteiger partial charge in [-0.3, -0.25) is 0 Å². The molecule has 0 saturated heterocycles. The number of aromatic nitrogens is 1. The maximum absolute atomic E-state index is 9.42. The molecule has 2 aromatic rings. The average molecular weight is 238 g/mol. The molecule has 1 unspecified atom stereocenters. The second kappa shape index (κ2) is 4.17. The van der Waals surface area contributed by atoms with Crippen molar-refractivity contribution in [2.45, 2.75) is 39.2 Å². The van der Waals surface area contributed by atoms with Gasteiger partial charge in [0.1, 0.15) is 0 Å². The topological polar surface area (TPSA) is 28.7 Å². The van der Waals surface area contributed by atoms with Crippen molar-refractivity contribution < 1.29 is 0 Å². The number of para-hydroxylation sites is 1. The van der Waals surface area contributed by atoms with Crippen molar-refractivity contribution in [1.82, 2.24) is 4.57 Å². The largest absolute Gasteiger partial charge is 0.347 e. The normalized spacial score (nSPS) is 15.9. The summed E-state index contributed by atoms with van der Waals surface area (Å²) >= 11 is 0. The quantitative estimate of drug-likeness (QED) is 0.781. The Bertz CT molecular complexity index is 628. The lowest BCUT2D eigenvalue weighted by Crippen LogP contribution is -2.06. The lowest BCUT2D eigenvalue weighted by Gasteiger charge is -2.14. The average Bonchev–Trinajstić information content (AvgIpc) is 2.72. The van der Waals surface area contributed by atoms with Crippen molar-refractivity contribution in [1.29, 1.82) is 5.26 Å². The number of nitriles is 1. The highest BCUT2D eigenvalue weighted by Crippen LogP contribution is 2.35. The highest BCUT2D eigenvalue weighted by atomic mass is 15.0. The number of hydrogen-bond acceptors (Lipinski definition) is 1. The molecule has 18 heavy (non-hydrogen) atoms. The van der Waals surface area contributed by atoms with Crippen molar-refractivity contribution in [2.75, 3.05) is 0 Å². The van der Waals surface area contributed by atoms with Crippen molar-refractivity contribution in [3.05, 3.63) is 35.5 Å². The van der Waals surface area contributed by atoms with Crippen LogP contribution in [0.2, 0.25) is 0 Å². The molecule has 0 radical (unpaired) electrons. The van der Waals surface area contributed by atoms with Crippen LogP contribution in [0.4, 0.5) is 0 Å². The van der Waals surface area contributed by atoms with Crippen molar-refractivity contribution in [3.63, 3.8) is 0 Å². The third kappa shape index (κ3) is 1.54. The van der Waals surface area contributed by atoms with Gasteiger partial charge in [0.05, 0.1) is 17.5 Å². The smallest absolute Gasteiger partial charge is 0.0756 e. The van der Waals surface area contributed by atoms with Crippen LogP contribution in [0.5, 0.6) is 0 Å². The van der Waals surface area contributed by atoms with Gasteiger partial charge in [0, 0.05) is 18.1 Å². The summed E-state index contributed by atoms with van der Waals surface area (Å²) in [5.74, 6) is 0.362. The van der Waals surface area contributed by atoms with E-state index < -0.39 is 0 Å². The van der Waals surface area contributed by atoms with Gasteiger partial charge in [0.15, 0.2) is 0 Å². The van der Waals surface area contributed by atoms with Gasteiger partial charge in [-0.25, -0.2) is 0 Å². The van der Waals surface area contributed by atoms with E-state index in [1.165, 1.54) is 34.9 Å². The molecule has 2 heterocycles. The molecule has 1 aromatic heterocycles. The second-order valence-corrected chi connectivity index (χ2v) is 5.55. The Labute approximate surface area is 108 Å². The zero-order chi connectivity index (χ0) is 12.7. The lowest BCUT2D eigenvalue weighted by atomic mass is 9.89. The lowest BCUT2D eigenvalue weighted by molar-refractivity contribution is 0.584. The van der Waals surface area contributed by atoms with Crippen molar-refractivity contribution in [2.24, 2.45) is 5.92 Å². The van der Waals surface area contributed by atoms with Crippen LogP contribution >= 0.6 is 0 Å². The molecular formula is C16H18N2. The van der Waals surface area contributed by atoms with E-state index in [1.54, 1.807) is 0 Å². The number of benzene rings is 1. The predicted octanol–water partition coefficient (Wildman–Crippen LogP) is 3.85. The van der Waals surface area contributed by atoms with E-state index in [0.29, 0.717) is 5.92 Å². The zero-order valence-electron chi connectivity index (χ0n) is 11.0. The Hall–Kier alpha value is -1.75. The first kappa shape index (κ1) is 11.3. The number of aryl methyl sites for hydroxylation is 2. The fraction of sp³-hybridized carbons (Fsp3) is 0.438. The number of nitrogens with zero attached hydrogens (tertiary/aromatic N) is 2. The van der Waals surface area contributed by atoms with Crippen LogP contribution < -0.4 is 0 Å². The Morgan fingerprint density at radius 3 is 2.89 bits per heavy atom. The predicted molar refractivity (Wildman–Crippen MR) is 73.5 cm³/mol. The van der Waals surface area contributed by atoms with E-state index in [9.17, 15) is 5.26 Å². The van der Waals surface area contributed by atoms with Crippen LogP contribution in [0.15, 0.2) is 24.4 Å². The SMILES string of the molecule is CC(C)C(C#N)c1cn2c3c(cccc13)CCC2. The number of hydrogen-bond donors (Lipinski definition) is 0. The van der Waals surface area contributed by atoms with Gasteiger partial charge in [0.2, 0.25) is 0 Å². The summed E-state index contributed by atoms with van der Waals surface area (Å²) in [5, 5.41) is 10.7. The summed E-state index contributed by atoms with van der Waals surface area (Å²) in [6.45, 7) is 5.34. The Kier molecular flexibility index (Phi) is 2.63. The summed E-state index contributed by atoms with van der Waals surface area (Å²) in [7, 11) is 0. The standard InChI is InChI=1S/C16H18N2/c1-11(2)14(9-17)15-10-18-8-4-6-12-5-3-7-13(15)16(12)18/h3,5,7,10-11,14H,4,6,8H2,1-2H3. The van der Waals surface area contributed by atoms with Crippen LogP contribution in [-0.4, -0.2) is 4.57 Å². The molecule has 2 heteroatoms. The van der Waals surface area contributed by atoms with E-state index in [0.717, 1.165) is 6.54 Å². The maximum Gasteiger partial charge on any atom is 0.0756 e. The third-order valence-corrected chi connectivity index (χ3v) is 4.00. The molecule has 0 saturated carbocycles. The molecule has 0 N–H and O–H groups in total. The minimum absolute atomic E-state index is 0.00194. The molecule has 0 bridgehead atoms. The monoisotopic (exact) mass is 238 g/mol. The van der Waals surface area contributed by atoms with Crippen LogP contribution in [0.1, 0.15) is 37.3 Å². The fourth-order valence-electron chi connectivity index (χ4n) is 3.11. The first-order chi connectivity index (χ1) is 8.72. The molecule has 0 fully saturated rings. The fourth-order valence-corrected chi connectivity index (χ4v) is 3.11. The van der Waals surface area contributed by atoms with Gasteiger partial charge >= 0.3 is 0 Å². The van der Waals surface area contributed by atoms with Crippen molar-refractivity contribution >= 4 is 10.9 Å². The Balaban J connectivity index is 2.27. The van der Waals surface area contributed by atoms with Gasteiger partial charge in [0.25, 0.3) is 0 Å². The van der Waals surface area contributed by atoms with Crippen LogP contribution in [0.3, 0.4) is 0 Å². The maximum atomic E-state index is 9.42. The van der Waals surface area contributed by atoms with Gasteiger partial charge in [-0.2, -0.15) is 5.26 Å². The zero-order valence-corrected chi connectivity index (χ0v) is 11.0. The molecule has 0 spiro atoms. The van der Waals surface area contributed by atoms with Crippen molar-refractivity contribution in [3.8, 4) is 6.07 Å². The van der Waals surface area contributed by atoms with Gasteiger partial charge in [-0.15, -0.1) is 0 Å². The second-order valence-electron chi connectivity index (χ2n) is 5.55. The Morgan fingerprint density at radius 1 is 1.33 bits per heavy atom. The van der Waals surface area contributed by atoms with E-state index >= 15 is 0 Å². The molecule has 1 aliphatic rings. The minimum Gasteiger partial charge on any atom is -0.347 e. The first-order valence-corrected chi connectivity index (χ1v) is 6.72. The van der Waals surface area contributed by atoms with Crippen LogP contribution in [-0.2, 0) is 13.0 Å². The Morgan fingerprint density at radius 2 is 2.17 bits per heavy atom. The van der Waals surface area contributed by atoms with Gasteiger partial charge in [-0.05, 0) is 29.9 Å². The molecule has 1 aliphatic heterocycles. The summed E-state index contributed by atoms with van der Waals surface area (Å²) in [5.41, 5.74) is 4.01. The molecule has 1 atom stereocenters. The van der Waals surface area contributed by atoms with E-state index in [4.69, 9.17) is 0 Å². The van der Waals surface area contributed by atoms with Gasteiger partial charge in [-0.1, -0.05) is 32.0 Å². The summed E-state index contributed by atoms with van der Waals surface area (Å²) in [6, 6.07) is 8.99. The van der Waals surface area contributed by atoms with Gasteiger partial charge < -0.3 is 4.57 Å². The summed E-state index contributed by atoms with van der Waals surface area (Å²) < 4.78 is 2.34. The highest BCUT2D eigenvalue weighted by Gasteiger charge is 2.22. The van der Waals surface area contributed by atoms with E-state index in [2.05, 4.69) is 48.9 Å². The molecule has 0 aliphatic carbocycles. The molecule has 3 rings (SSSR count). The summed E-state index contributed by atoms with van der Waals surface area (Å²) in [6.07, 6.45) is 4.58. The minimum atomic E-state index is 0.00194. The van der Waals surface area contributed by atoms with E-state index in [1.807, 2.05) is 0 Å². The van der Waals surface area contributed by atoms with Crippen LogP contribution in [0.25, 0.3) is 10.9 Å². The third-order valence-electron chi connectivity index (χ3n) is 4.00.